The number of allylic oxidation sites excluding steroid dienone is 2. The summed E-state index contributed by atoms with van der Waals surface area (Å²) in [5, 5.41) is 1.31. The first kappa shape index (κ1) is 27.4. The second-order valence-electron chi connectivity index (χ2n) is 15.4. The van der Waals surface area contributed by atoms with Crippen LogP contribution in [0.1, 0.15) is 104 Å². The fourth-order valence-electron chi connectivity index (χ4n) is 10.8. The van der Waals surface area contributed by atoms with Crippen LogP contribution in [0.5, 0.6) is 0 Å². The van der Waals surface area contributed by atoms with Crippen molar-refractivity contribution in [1.82, 2.24) is 4.98 Å². The number of fused-ring (bicyclic) bond motifs is 8. The molecule has 3 aromatic rings. The molecule has 2 fully saturated rings. The number of nitrogens with zero attached hydrogens (tertiary/aromatic N) is 1. The molecule has 7 atom stereocenters. The minimum Gasteiger partial charge on any atom is -0.252 e. The van der Waals surface area contributed by atoms with Crippen LogP contribution in [0.25, 0.3) is 27.6 Å². The Morgan fingerprint density at radius 3 is 2.41 bits per heavy atom. The minimum atomic E-state index is 0.256. The summed E-state index contributed by atoms with van der Waals surface area (Å²) in [6, 6.07) is 20.0. The molecule has 4 aliphatic rings. The van der Waals surface area contributed by atoms with E-state index in [1.54, 1.807) is 5.57 Å². The Morgan fingerprint density at radius 2 is 1.61 bits per heavy atom. The first-order valence-electron chi connectivity index (χ1n) is 17.0. The molecule has 41 heavy (non-hydrogen) atoms. The average molecular weight is 546 g/mol. The van der Waals surface area contributed by atoms with Crippen molar-refractivity contribution in [3.05, 3.63) is 71.9 Å². The third kappa shape index (κ3) is 4.35. The molecule has 1 aromatic heterocycles. The molecule has 216 valence electrons. The highest BCUT2D eigenvalue weighted by molar-refractivity contribution is 6.02. The highest BCUT2D eigenvalue weighted by Crippen LogP contribution is 2.68. The van der Waals surface area contributed by atoms with Crippen LogP contribution in [0.4, 0.5) is 0 Å². The minimum absolute atomic E-state index is 0.256. The van der Waals surface area contributed by atoms with Gasteiger partial charge in [-0.15, -0.1) is 0 Å². The van der Waals surface area contributed by atoms with Crippen LogP contribution < -0.4 is 0 Å². The topological polar surface area (TPSA) is 12.9 Å². The van der Waals surface area contributed by atoms with E-state index in [1.165, 1.54) is 85.6 Å². The summed E-state index contributed by atoms with van der Waals surface area (Å²) in [5.41, 5.74) is 9.17. The summed E-state index contributed by atoms with van der Waals surface area (Å²) in [6.07, 6.45) is 16.4. The molecule has 0 N–H and O–H groups in total. The van der Waals surface area contributed by atoms with Crippen molar-refractivity contribution < 1.29 is 0 Å². The molecule has 1 heteroatoms. The lowest BCUT2D eigenvalue weighted by Gasteiger charge is -2.58. The Bertz CT molecular complexity index is 1450. The smallest absolute Gasteiger partial charge is 0.0712 e. The van der Waals surface area contributed by atoms with E-state index in [4.69, 9.17) is 4.98 Å². The van der Waals surface area contributed by atoms with Gasteiger partial charge in [0.25, 0.3) is 0 Å². The summed E-state index contributed by atoms with van der Waals surface area (Å²) >= 11 is 0. The largest absolute Gasteiger partial charge is 0.252 e. The van der Waals surface area contributed by atoms with E-state index in [9.17, 15) is 0 Å². The first-order chi connectivity index (χ1) is 19.8. The highest BCUT2D eigenvalue weighted by Gasteiger charge is 2.59. The first-order valence-corrected chi connectivity index (χ1v) is 17.0. The zero-order chi connectivity index (χ0) is 28.4. The molecule has 0 radical (unpaired) electrons. The van der Waals surface area contributed by atoms with E-state index in [2.05, 4.69) is 95.3 Å². The lowest BCUT2D eigenvalue weighted by atomic mass is 9.46. The van der Waals surface area contributed by atoms with Gasteiger partial charge in [0.2, 0.25) is 0 Å². The van der Waals surface area contributed by atoms with Crippen molar-refractivity contribution in [2.45, 2.75) is 98.8 Å². The monoisotopic (exact) mass is 545 g/mol. The molecule has 0 unspecified atom stereocenters. The number of aromatic nitrogens is 1. The van der Waals surface area contributed by atoms with Gasteiger partial charge in [-0.25, -0.2) is 0 Å². The maximum atomic E-state index is 5.32. The predicted octanol–water partition coefficient (Wildman–Crippen LogP) is 11.2. The molecule has 0 aliphatic heterocycles. The molecular formula is C40H51N. The van der Waals surface area contributed by atoms with Crippen molar-refractivity contribution in [2.75, 3.05) is 0 Å². The molecule has 2 aromatic carbocycles. The van der Waals surface area contributed by atoms with Crippen LogP contribution in [0.3, 0.4) is 0 Å². The van der Waals surface area contributed by atoms with Crippen molar-refractivity contribution in [3.63, 3.8) is 0 Å². The zero-order valence-corrected chi connectivity index (χ0v) is 26.3. The van der Waals surface area contributed by atoms with E-state index in [0.29, 0.717) is 5.41 Å². The number of rotatable bonds is 6. The summed E-state index contributed by atoms with van der Waals surface area (Å²) in [4.78, 5) is 5.32. The third-order valence-electron chi connectivity index (χ3n) is 12.8. The normalized spacial score (nSPS) is 33.1. The van der Waals surface area contributed by atoms with Crippen molar-refractivity contribution >= 4 is 16.5 Å². The van der Waals surface area contributed by atoms with Gasteiger partial charge in [-0.2, -0.15) is 0 Å². The van der Waals surface area contributed by atoms with E-state index >= 15 is 0 Å². The van der Waals surface area contributed by atoms with E-state index in [1.807, 2.05) is 0 Å². The van der Waals surface area contributed by atoms with Crippen molar-refractivity contribution in [3.8, 4) is 11.1 Å². The lowest BCUT2D eigenvalue weighted by molar-refractivity contribution is -0.0393. The van der Waals surface area contributed by atoms with Crippen LogP contribution in [-0.4, -0.2) is 4.98 Å². The van der Waals surface area contributed by atoms with E-state index < -0.39 is 0 Å². The predicted molar refractivity (Wildman–Crippen MR) is 175 cm³/mol. The second kappa shape index (κ2) is 10.4. The van der Waals surface area contributed by atoms with Crippen molar-refractivity contribution in [2.24, 2.45) is 46.3 Å². The van der Waals surface area contributed by atoms with Gasteiger partial charge in [-0.3, -0.25) is 4.98 Å². The fraction of sp³-hybridized carbons (Fsp3) is 0.575. The highest BCUT2D eigenvalue weighted by atomic mass is 14.7. The maximum absolute atomic E-state index is 5.32. The van der Waals surface area contributed by atoms with Gasteiger partial charge in [-0.05, 0) is 108 Å². The van der Waals surface area contributed by atoms with Gasteiger partial charge in [0.05, 0.1) is 5.52 Å². The molecule has 7 rings (SSSR count). The molecule has 0 amide bonds. The van der Waals surface area contributed by atoms with Gasteiger partial charge >= 0.3 is 0 Å². The molecule has 1 heterocycles. The van der Waals surface area contributed by atoms with Gasteiger partial charge in [0, 0.05) is 22.2 Å². The molecular weight excluding hydrogens is 494 g/mol. The molecule has 1 nitrogen and oxygen atoms in total. The number of benzene rings is 2. The lowest BCUT2D eigenvalue weighted by Crippen LogP contribution is -2.50. The number of pyridine rings is 1. The van der Waals surface area contributed by atoms with Crippen LogP contribution in [0, 0.1) is 46.3 Å². The molecule has 0 saturated heterocycles. The molecule has 0 bridgehead atoms. The fourth-order valence-corrected chi connectivity index (χ4v) is 10.8. The molecule has 0 spiro atoms. The Kier molecular flexibility index (Phi) is 6.95. The van der Waals surface area contributed by atoms with E-state index in [0.717, 1.165) is 47.4 Å². The standard InChI is InChI=1S/C40H51N/c1-26(2)12-11-13-27(3)31-20-21-32-29-18-19-34-38-36(23-25-40(34,5)33(29)22-24-39(31,32)4)41-35-17-10-9-16-30(35)37(38)28-14-7-6-8-15-28/h6-10,14-17,19,26-27,29,31-33H,11-13,18,20-25H2,1-5H3/t27-,29+,31-,32+,33+,39-,40-/m1/s1. The Labute approximate surface area is 249 Å². The Balaban J connectivity index is 1.26. The molecule has 2 saturated carbocycles. The maximum Gasteiger partial charge on any atom is 0.0712 e. The number of aryl methyl sites for hydroxylation is 1. The van der Waals surface area contributed by atoms with Crippen molar-refractivity contribution in [1.29, 1.82) is 0 Å². The van der Waals surface area contributed by atoms with Gasteiger partial charge in [0.15, 0.2) is 0 Å². The third-order valence-corrected chi connectivity index (χ3v) is 12.8. The van der Waals surface area contributed by atoms with Gasteiger partial charge in [-0.1, -0.05) is 108 Å². The van der Waals surface area contributed by atoms with Gasteiger partial charge < -0.3 is 0 Å². The summed E-state index contributed by atoms with van der Waals surface area (Å²) in [6.45, 7) is 12.8. The SMILES string of the molecule is CC(C)CCC[C@@H](C)[C@H]1CC[C@H]2[C@@H]3CC=C4c5c(nc6ccccc6c5-c5ccccc5)CC[C@]4(C)[C@H]3CC[C@]12C. The van der Waals surface area contributed by atoms with Crippen LogP contribution >= 0.6 is 0 Å². The van der Waals surface area contributed by atoms with Crippen LogP contribution in [0.2, 0.25) is 0 Å². The average Bonchev–Trinajstić information content (AvgIpc) is 3.33. The number of para-hydroxylation sites is 1. The Hall–Kier alpha value is -2.41. The summed E-state index contributed by atoms with van der Waals surface area (Å²) in [7, 11) is 0. The molecule has 4 aliphatic carbocycles. The van der Waals surface area contributed by atoms with Gasteiger partial charge in [0.1, 0.15) is 0 Å². The summed E-state index contributed by atoms with van der Waals surface area (Å²) in [5.74, 6) is 5.19. The van der Waals surface area contributed by atoms with Crippen LogP contribution in [-0.2, 0) is 6.42 Å². The zero-order valence-electron chi connectivity index (χ0n) is 26.3. The Morgan fingerprint density at radius 1 is 0.829 bits per heavy atom. The summed E-state index contributed by atoms with van der Waals surface area (Å²) < 4.78 is 0. The number of hydrogen-bond acceptors (Lipinski definition) is 1. The quantitative estimate of drug-likeness (QED) is 0.300. The van der Waals surface area contributed by atoms with E-state index in [-0.39, 0.29) is 5.41 Å². The van der Waals surface area contributed by atoms with Crippen LogP contribution in [0.15, 0.2) is 60.7 Å². The second-order valence-corrected chi connectivity index (χ2v) is 15.4. The number of hydrogen-bond donors (Lipinski definition) is 0.